The third-order valence-electron chi connectivity index (χ3n) is 3.27. The Morgan fingerprint density at radius 1 is 1.33 bits per heavy atom. The fourth-order valence-corrected chi connectivity index (χ4v) is 2.14. The van der Waals surface area contributed by atoms with Gasteiger partial charge in [-0.1, -0.05) is 25.1 Å². The molecule has 2 aromatic rings. The standard InChI is InChI=1S/C16H20N4O4/c1-10(2)9-12(16(22)23)18-13(21)6-7-14-19-15(20-24-14)11-5-3-4-8-17-11/h3-5,8,10,12H,6-7,9H2,1-2H3,(H,18,21)(H,22,23). The molecule has 0 radical (unpaired) electrons. The zero-order valence-electron chi connectivity index (χ0n) is 13.6. The van der Waals surface area contributed by atoms with Gasteiger partial charge >= 0.3 is 5.97 Å². The van der Waals surface area contributed by atoms with Gasteiger partial charge in [-0.05, 0) is 24.5 Å². The maximum absolute atomic E-state index is 11.9. The van der Waals surface area contributed by atoms with E-state index in [1.54, 1.807) is 18.3 Å². The summed E-state index contributed by atoms with van der Waals surface area (Å²) in [5, 5.41) is 15.5. The first-order valence-electron chi connectivity index (χ1n) is 7.72. The second-order valence-corrected chi connectivity index (χ2v) is 5.81. The van der Waals surface area contributed by atoms with Crippen molar-refractivity contribution in [3.63, 3.8) is 0 Å². The number of carbonyl (C=O) groups excluding carboxylic acids is 1. The molecule has 0 aliphatic carbocycles. The van der Waals surface area contributed by atoms with Gasteiger partial charge in [0.05, 0.1) is 0 Å². The zero-order chi connectivity index (χ0) is 17.5. The Bertz CT molecular complexity index is 684. The van der Waals surface area contributed by atoms with Crippen molar-refractivity contribution in [2.45, 2.75) is 39.2 Å². The molecule has 8 nitrogen and oxygen atoms in total. The van der Waals surface area contributed by atoms with E-state index >= 15 is 0 Å². The van der Waals surface area contributed by atoms with Crippen LogP contribution in [0.2, 0.25) is 0 Å². The molecule has 2 heterocycles. The number of amides is 1. The van der Waals surface area contributed by atoms with E-state index in [4.69, 9.17) is 9.63 Å². The first-order valence-corrected chi connectivity index (χ1v) is 7.72. The van der Waals surface area contributed by atoms with E-state index in [9.17, 15) is 9.59 Å². The number of pyridine rings is 1. The molecule has 0 aliphatic rings. The highest BCUT2D eigenvalue weighted by molar-refractivity contribution is 5.83. The van der Waals surface area contributed by atoms with Crippen molar-refractivity contribution in [3.05, 3.63) is 30.3 Å². The number of carbonyl (C=O) groups is 2. The first-order chi connectivity index (χ1) is 11.5. The molecule has 8 heteroatoms. The summed E-state index contributed by atoms with van der Waals surface area (Å²) < 4.78 is 5.09. The SMILES string of the molecule is CC(C)CC(NC(=O)CCc1nc(-c2ccccn2)no1)C(=O)O. The Morgan fingerprint density at radius 3 is 2.75 bits per heavy atom. The highest BCUT2D eigenvalue weighted by Gasteiger charge is 2.21. The van der Waals surface area contributed by atoms with Crippen molar-refractivity contribution in [1.29, 1.82) is 0 Å². The van der Waals surface area contributed by atoms with Crippen LogP contribution in [0.3, 0.4) is 0 Å². The number of nitrogens with zero attached hydrogens (tertiary/aromatic N) is 3. The lowest BCUT2D eigenvalue weighted by molar-refractivity contribution is -0.142. The van der Waals surface area contributed by atoms with Crippen LogP contribution in [-0.2, 0) is 16.0 Å². The van der Waals surface area contributed by atoms with E-state index in [2.05, 4.69) is 20.4 Å². The van der Waals surface area contributed by atoms with E-state index in [0.29, 0.717) is 23.8 Å². The first kappa shape index (κ1) is 17.6. The predicted molar refractivity (Wildman–Crippen MR) is 84.9 cm³/mol. The van der Waals surface area contributed by atoms with Gasteiger partial charge < -0.3 is 14.9 Å². The minimum Gasteiger partial charge on any atom is -0.480 e. The monoisotopic (exact) mass is 332 g/mol. The van der Waals surface area contributed by atoms with Gasteiger partial charge in [-0.2, -0.15) is 4.98 Å². The van der Waals surface area contributed by atoms with Gasteiger partial charge in [-0.25, -0.2) is 4.79 Å². The maximum atomic E-state index is 11.9. The van der Waals surface area contributed by atoms with Crippen LogP contribution in [0.4, 0.5) is 0 Å². The summed E-state index contributed by atoms with van der Waals surface area (Å²) >= 11 is 0. The maximum Gasteiger partial charge on any atom is 0.326 e. The Hall–Kier alpha value is -2.77. The van der Waals surface area contributed by atoms with Gasteiger partial charge in [0, 0.05) is 19.0 Å². The summed E-state index contributed by atoms with van der Waals surface area (Å²) in [4.78, 5) is 31.3. The average Bonchev–Trinajstić information content (AvgIpc) is 3.01. The normalized spacial score (nSPS) is 12.1. The molecule has 0 bridgehead atoms. The second-order valence-electron chi connectivity index (χ2n) is 5.81. The Morgan fingerprint density at radius 2 is 2.12 bits per heavy atom. The van der Waals surface area contributed by atoms with Crippen molar-refractivity contribution < 1.29 is 19.2 Å². The molecule has 1 atom stereocenters. The molecule has 2 rings (SSSR count). The summed E-state index contributed by atoms with van der Waals surface area (Å²) in [6.07, 6.45) is 2.32. The van der Waals surface area contributed by atoms with Crippen LogP contribution >= 0.6 is 0 Å². The van der Waals surface area contributed by atoms with Crippen LogP contribution in [0, 0.1) is 5.92 Å². The number of carboxylic acid groups (broad SMARTS) is 1. The number of carboxylic acids is 1. The number of aromatic nitrogens is 3. The summed E-state index contributed by atoms with van der Waals surface area (Å²) in [5.74, 6) is -0.563. The molecule has 1 unspecified atom stereocenters. The molecule has 0 aliphatic heterocycles. The van der Waals surface area contributed by atoms with E-state index < -0.39 is 12.0 Å². The van der Waals surface area contributed by atoms with Crippen molar-refractivity contribution in [2.75, 3.05) is 0 Å². The number of hydrogen-bond acceptors (Lipinski definition) is 6. The van der Waals surface area contributed by atoms with Crippen LogP contribution in [0.25, 0.3) is 11.5 Å². The fourth-order valence-electron chi connectivity index (χ4n) is 2.14. The van der Waals surface area contributed by atoms with Crippen LogP contribution in [0.5, 0.6) is 0 Å². The summed E-state index contributed by atoms with van der Waals surface area (Å²) in [6.45, 7) is 3.80. The van der Waals surface area contributed by atoms with Crippen LogP contribution < -0.4 is 5.32 Å². The van der Waals surface area contributed by atoms with Gasteiger partial charge in [-0.15, -0.1) is 0 Å². The van der Waals surface area contributed by atoms with Gasteiger partial charge in [0.25, 0.3) is 0 Å². The Kier molecular flexibility index (Phi) is 6.00. The molecule has 2 N–H and O–H groups in total. The summed E-state index contributed by atoms with van der Waals surface area (Å²) in [5.41, 5.74) is 0.583. The molecule has 0 saturated carbocycles. The largest absolute Gasteiger partial charge is 0.480 e. The van der Waals surface area contributed by atoms with E-state index in [1.165, 1.54) is 0 Å². The molecule has 0 saturated heterocycles. The lowest BCUT2D eigenvalue weighted by Crippen LogP contribution is -2.41. The van der Waals surface area contributed by atoms with Gasteiger partial charge in [0.1, 0.15) is 11.7 Å². The lowest BCUT2D eigenvalue weighted by Gasteiger charge is -2.16. The Balaban J connectivity index is 1.88. The second kappa shape index (κ2) is 8.19. The topological polar surface area (TPSA) is 118 Å². The molecular weight excluding hydrogens is 312 g/mol. The van der Waals surface area contributed by atoms with Gasteiger partial charge in [0.15, 0.2) is 0 Å². The number of nitrogens with one attached hydrogen (secondary N) is 1. The van der Waals surface area contributed by atoms with Gasteiger partial charge in [-0.3, -0.25) is 9.78 Å². The molecule has 128 valence electrons. The number of rotatable bonds is 8. The molecular formula is C16H20N4O4. The van der Waals surface area contributed by atoms with E-state index in [-0.39, 0.29) is 24.7 Å². The van der Waals surface area contributed by atoms with Crippen LogP contribution in [0.15, 0.2) is 28.9 Å². The quantitative estimate of drug-likeness (QED) is 0.755. The zero-order valence-corrected chi connectivity index (χ0v) is 13.6. The highest BCUT2D eigenvalue weighted by Crippen LogP contribution is 2.13. The van der Waals surface area contributed by atoms with E-state index in [0.717, 1.165) is 0 Å². The predicted octanol–water partition coefficient (Wildman–Crippen LogP) is 1.68. The molecule has 0 fully saturated rings. The third-order valence-corrected chi connectivity index (χ3v) is 3.27. The smallest absolute Gasteiger partial charge is 0.326 e. The van der Waals surface area contributed by atoms with Crippen LogP contribution in [0.1, 0.15) is 32.6 Å². The summed E-state index contributed by atoms with van der Waals surface area (Å²) in [6, 6.07) is 4.46. The molecule has 2 aromatic heterocycles. The van der Waals surface area contributed by atoms with Crippen molar-refractivity contribution in [2.24, 2.45) is 5.92 Å². The van der Waals surface area contributed by atoms with Crippen molar-refractivity contribution in [1.82, 2.24) is 20.4 Å². The lowest BCUT2D eigenvalue weighted by atomic mass is 10.0. The molecule has 0 spiro atoms. The molecule has 0 aromatic carbocycles. The van der Waals surface area contributed by atoms with E-state index in [1.807, 2.05) is 19.9 Å². The minimum atomic E-state index is -1.03. The number of hydrogen-bond donors (Lipinski definition) is 2. The van der Waals surface area contributed by atoms with Crippen molar-refractivity contribution in [3.8, 4) is 11.5 Å². The average molecular weight is 332 g/mol. The van der Waals surface area contributed by atoms with Crippen LogP contribution in [-0.4, -0.2) is 38.1 Å². The number of aliphatic carboxylic acids is 1. The number of aryl methyl sites for hydroxylation is 1. The van der Waals surface area contributed by atoms with Gasteiger partial charge in [0.2, 0.25) is 17.6 Å². The highest BCUT2D eigenvalue weighted by atomic mass is 16.5. The Labute approximate surface area is 139 Å². The molecule has 1 amide bonds. The molecule has 24 heavy (non-hydrogen) atoms. The third kappa shape index (κ3) is 5.15. The fraction of sp³-hybridized carbons (Fsp3) is 0.438. The van der Waals surface area contributed by atoms with Crippen molar-refractivity contribution >= 4 is 11.9 Å². The minimum absolute atomic E-state index is 0.0751. The summed E-state index contributed by atoms with van der Waals surface area (Å²) in [7, 11) is 0.